The highest BCUT2D eigenvalue weighted by Crippen LogP contribution is 2.66. The molecule has 0 amide bonds. The van der Waals surface area contributed by atoms with Crippen LogP contribution in [-0.4, -0.2) is 6.17 Å². The van der Waals surface area contributed by atoms with Crippen LogP contribution in [-0.2, 0) is 0 Å². The van der Waals surface area contributed by atoms with E-state index < -0.39 is 0 Å². The highest BCUT2D eigenvalue weighted by molar-refractivity contribution is 5.10. The Bertz CT molecular complexity index is 188. The van der Waals surface area contributed by atoms with Crippen molar-refractivity contribution in [2.24, 2.45) is 28.2 Å². The van der Waals surface area contributed by atoms with E-state index in [0.29, 0.717) is 5.41 Å². The van der Waals surface area contributed by atoms with Crippen molar-refractivity contribution in [1.82, 2.24) is 0 Å². The molecule has 2 nitrogen and oxygen atoms in total. The molecule has 2 saturated carbocycles. The van der Waals surface area contributed by atoms with Crippen LogP contribution < -0.4 is 11.5 Å². The molecule has 0 radical (unpaired) electrons. The third-order valence-electron chi connectivity index (χ3n) is 4.82. The van der Waals surface area contributed by atoms with Gasteiger partial charge in [0.1, 0.15) is 0 Å². The minimum atomic E-state index is -0.111. The maximum absolute atomic E-state index is 5.92. The maximum atomic E-state index is 5.92. The molecule has 0 aromatic carbocycles. The number of fused-ring (bicyclic) bond motifs is 2. The first kappa shape index (κ1) is 8.52. The van der Waals surface area contributed by atoms with Gasteiger partial charge >= 0.3 is 0 Å². The number of nitrogens with two attached hydrogens (primary N) is 2. The molecule has 12 heavy (non-hydrogen) atoms. The van der Waals surface area contributed by atoms with E-state index in [2.05, 4.69) is 13.8 Å². The van der Waals surface area contributed by atoms with Crippen LogP contribution in [0.4, 0.5) is 0 Å². The second-order valence-corrected chi connectivity index (χ2v) is 5.18. The molecule has 0 atom stereocenters. The van der Waals surface area contributed by atoms with Crippen molar-refractivity contribution in [1.29, 1.82) is 0 Å². The van der Waals surface area contributed by atoms with Gasteiger partial charge in [0.2, 0.25) is 0 Å². The fraction of sp³-hybridized carbons (Fsp3) is 1.00. The molecular weight excluding hydrogens is 148 g/mol. The molecule has 0 aliphatic heterocycles. The summed E-state index contributed by atoms with van der Waals surface area (Å²) in [4.78, 5) is 0. The van der Waals surface area contributed by atoms with Crippen LogP contribution in [0.2, 0.25) is 0 Å². The molecule has 2 rings (SSSR count). The van der Waals surface area contributed by atoms with Crippen molar-refractivity contribution in [2.45, 2.75) is 45.7 Å². The van der Waals surface area contributed by atoms with Gasteiger partial charge in [-0.25, -0.2) is 0 Å². The fourth-order valence-corrected chi connectivity index (χ4v) is 3.67. The Labute approximate surface area is 74.7 Å². The van der Waals surface area contributed by atoms with Crippen LogP contribution in [0.5, 0.6) is 0 Å². The standard InChI is InChI=1S/C10H20N2/c1-9(2)7-3-5-10(9,6-4-7)8(11)12/h7-8H,3-6,11-12H2,1-2H3. The smallest absolute Gasteiger partial charge is 0.0584 e. The lowest BCUT2D eigenvalue weighted by molar-refractivity contribution is 0.0953. The summed E-state index contributed by atoms with van der Waals surface area (Å²) < 4.78 is 0. The summed E-state index contributed by atoms with van der Waals surface area (Å²) in [7, 11) is 0. The Balaban J connectivity index is 2.36. The topological polar surface area (TPSA) is 52.0 Å². The highest BCUT2D eigenvalue weighted by Gasteiger charge is 2.60. The van der Waals surface area contributed by atoms with Crippen LogP contribution in [0.1, 0.15) is 39.5 Å². The molecule has 70 valence electrons. The van der Waals surface area contributed by atoms with Gasteiger partial charge in [-0.2, -0.15) is 0 Å². The minimum absolute atomic E-state index is 0.111. The lowest BCUT2D eigenvalue weighted by Gasteiger charge is -2.41. The van der Waals surface area contributed by atoms with Crippen LogP contribution in [0.15, 0.2) is 0 Å². The zero-order valence-corrected chi connectivity index (χ0v) is 8.14. The monoisotopic (exact) mass is 168 g/mol. The van der Waals surface area contributed by atoms with Crippen molar-refractivity contribution >= 4 is 0 Å². The molecule has 2 heteroatoms. The lowest BCUT2D eigenvalue weighted by atomic mass is 9.67. The van der Waals surface area contributed by atoms with Gasteiger partial charge in [-0.15, -0.1) is 0 Å². The van der Waals surface area contributed by atoms with E-state index >= 15 is 0 Å². The average molecular weight is 168 g/mol. The second kappa shape index (κ2) is 2.24. The second-order valence-electron chi connectivity index (χ2n) is 5.18. The van der Waals surface area contributed by atoms with E-state index in [1.165, 1.54) is 25.7 Å². The maximum Gasteiger partial charge on any atom is 0.0584 e. The molecule has 4 N–H and O–H groups in total. The van der Waals surface area contributed by atoms with Gasteiger partial charge in [0.25, 0.3) is 0 Å². The van der Waals surface area contributed by atoms with E-state index in [1.54, 1.807) is 0 Å². The molecule has 0 spiro atoms. The normalized spacial score (nSPS) is 44.2. The largest absolute Gasteiger partial charge is 0.316 e. The molecule has 2 aliphatic carbocycles. The summed E-state index contributed by atoms with van der Waals surface area (Å²) in [6, 6.07) is 0. The average Bonchev–Trinajstić information content (AvgIpc) is 2.40. The van der Waals surface area contributed by atoms with E-state index in [-0.39, 0.29) is 11.6 Å². The van der Waals surface area contributed by atoms with Crippen molar-refractivity contribution in [3.63, 3.8) is 0 Å². The summed E-state index contributed by atoms with van der Waals surface area (Å²) in [5.41, 5.74) is 12.5. The van der Waals surface area contributed by atoms with E-state index in [0.717, 1.165) is 5.92 Å². The summed E-state index contributed by atoms with van der Waals surface area (Å²) in [6.45, 7) is 4.70. The summed E-state index contributed by atoms with van der Waals surface area (Å²) in [5, 5.41) is 0. The van der Waals surface area contributed by atoms with Gasteiger partial charge in [0.05, 0.1) is 6.17 Å². The first-order valence-electron chi connectivity index (χ1n) is 5.02. The van der Waals surface area contributed by atoms with Crippen LogP contribution in [0, 0.1) is 16.7 Å². The Morgan fingerprint density at radius 3 is 1.83 bits per heavy atom. The molecule has 0 aromatic rings. The van der Waals surface area contributed by atoms with Gasteiger partial charge in [-0.05, 0) is 37.0 Å². The summed E-state index contributed by atoms with van der Waals surface area (Å²) in [6.07, 6.45) is 5.08. The first-order chi connectivity index (χ1) is 5.51. The highest BCUT2D eigenvalue weighted by atomic mass is 14.9. The van der Waals surface area contributed by atoms with E-state index in [1.807, 2.05) is 0 Å². The van der Waals surface area contributed by atoms with Gasteiger partial charge < -0.3 is 11.5 Å². The molecular formula is C10H20N2. The molecule has 2 aliphatic rings. The molecule has 2 bridgehead atoms. The van der Waals surface area contributed by atoms with Gasteiger partial charge in [0, 0.05) is 5.41 Å². The molecule has 0 unspecified atom stereocenters. The SMILES string of the molecule is CC1(C)C2CCC1(C(N)N)CC2. The van der Waals surface area contributed by atoms with Crippen molar-refractivity contribution in [3.8, 4) is 0 Å². The number of rotatable bonds is 1. The first-order valence-corrected chi connectivity index (χ1v) is 5.02. The van der Waals surface area contributed by atoms with Crippen LogP contribution >= 0.6 is 0 Å². The predicted molar refractivity (Wildman–Crippen MR) is 50.3 cm³/mol. The Morgan fingerprint density at radius 1 is 1.17 bits per heavy atom. The molecule has 2 fully saturated rings. The minimum Gasteiger partial charge on any atom is -0.316 e. The van der Waals surface area contributed by atoms with Crippen LogP contribution in [0.25, 0.3) is 0 Å². The zero-order valence-electron chi connectivity index (χ0n) is 8.14. The van der Waals surface area contributed by atoms with Crippen molar-refractivity contribution in [2.75, 3.05) is 0 Å². The Morgan fingerprint density at radius 2 is 1.67 bits per heavy atom. The Kier molecular flexibility index (Phi) is 1.59. The molecule has 0 saturated heterocycles. The van der Waals surface area contributed by atoms with Gasteiger partial charge in [0.15, 0.2) is 0 Å². The van der Waals surface area contributed by atoms with E-state index in [4.69, 9.17) is 11.5 Å². The predicted octanol–water partition coefficient (Wildman–Crippen LogP) is 1.45. The van der Waals surface area contributed by atoms with Gasteiger partial charge in [-0.3, -0.25) is 0 Å². The van der Waals surface area contributed by atoms with Crippen LogP contribution in [0.3, 0.4) is 0 Å². The van der Waals surface area contributed by atoms with Crippen molar-refractivity contribution < 1.29 is 0 Å². The molecule has 0 aromatic heterocycles. The number of hydrogen-bond donors (Lipinski definition) is 2. The number of hydrogen-bond acceptors (Lipinski definition) is 2. The van der Waals surface area contributed by atoms with Gasteiger partial charge in [-0.1, -0.05) is 13.8 Å². The summed E-state index contributed by atoms with van der Waals surface area (Å²) in [5.74, 6) is 0.882. The third-order valence-corrected chi connectivity index (χ3v) is 4.82. The zero-order chi connectivity index (χ0) is 8.98. The van der Waals surface area contributed by atoms with E-state index in [9.17, 15) is 0 Å². The third kappa shape index (κ3) is 0.728. The molecule has 0 heterocycles. The Hall–Kier alpha value is -0.0800. The lowest BCUT2D eigenvalue weighted by Crippen LogP contribution is -2.52. The van der Waals surface area contributed by atoms with Crippen molar-refractivity contribution in [3.05, 3.63) is 0 Å². The summed E-state index contributed by atoms with van der Waals surface area (Å²) >= 11 is 0. The fourth-order valence-electron chi connectivity index (χ4n) is 3.67. The quantitative estimate of drug-likeness (QED) is 0.582.